The maximum atomic E-state index is 11.6. The molecule has 0 aliphatic carbocycles. The van der Waals surface area contributed by atoms with Crippen LogP contribution in [0.25, 0.3) is 0 Å². The third-order valence-electron chi connectivity index (χ3n) is 2.31. The van der Waals surface area contributed by atoms with E-state index in [1.165, 1.54) is 0 Å². The number of hydrogen-bond acceptors (Lipinski definition) is 3. The van der Waals surface area contributed by atoms with Crippen LogP contribution in [0.4, 0.5) is 0 Å². The average molecular weight is 258 g/mol. The quantitative estimate of drug-likeness (QED) is 0.598. The number of hydrogen-bond donors (Lipinski definition) is 1. The minimum absolute atomic E-state index is 0.244. The Bertz CT molecular complexity index is 392. The smallest absolute Gasteiger partial charge is 0.404 e. The number of unbranched alkanes of at least 4 members (excludes halogenated alkanes) is 2. The van der Waals surface area contributed by atoms with Crippen LogP contribution in [0, 0.1) is 6.92 Å². The standard InChI is InChI=1S/C12H19O4P/c1-3-4-7-10-15-17(13,14)16-12-9-6-5-8-11(12)2/h5-6,8-9H,3-4,7,10H2,1-2H3,(H,13,14). The van der Waals surface area contributed by atoms with Crippen molar-refractivity contribution in [2.75, 3.05) is 6.61 Å². The molecule has 0 fully saturated rings. The molecule has 0 radical (unpaired) electrons. The lowest BCUT2D eigenvalue weighted by atomic mass is 10.2. The summed E-state index contributed by atoms with van der Waals surface area (Å²) in [5.74, 6) is 0.383. The normalized spacial score (nSPS) is 14.3. The number of para-hydroxylation sites is 1. The highest BCUT2D eigenvalue weighted by atomic mass is 31.2. The van der Waals surface area contributed by atoms with E-state index in [-0.39, 0.29) is 6.61 Å². The van der Waals surface area contributed by atoms with Crippen LogP contribution in [0.15, 0.2) is 24.3 Å². The third kappa shape index (κ3) is 5.35. The molecule has 17 heavy (non-hydrogen) atoms. The van der Waals surface area contributed by atoms with Crippen molar-refractivity contribution in [3.63, 3.8) is 0 Å². The SMILES string of the molecule is CCCCCOP(=O)(O)Oc1ccccc1C. The number of benzene rings is 1. The van der Waals surface area contributed by atoms with E-state index in [1.54, 1.807) is 12.1 Å². The molecule has 0 saturated heterocycles. The second-order valence-electron chi connectivity index (χ2n) is 3.87. The van der Waals surface area contributed by atoms with Crippen LogP contribution < -0.4 is 4.52 Å². The van der Waals surface area contributed by atoms with Crippen molar-refractivity contribution in [1.82, 2.24) is 0 Å². The summed E-state index contributed by atoms with van der Waals surface area (Å²) >= 11 is 0. The molecule has 1 aromatic carbocycles. The molecule has 0 heterocycles. The summed E-state index contributed by atoms with van der Waals surface area (Å²) in [5.41, 5.74) is 0.805. The summed E-state index contributed by atoms with van der Waals surface area (Å²) in [7, 11) is -3.98. The maximum absolute atomic E-state index is 11.6. The first-order valence-electron chi connectivity index (χ1n) is 5.77. The summed E-state index contributed by atoms with van der Waals surface area (Å²) < 4.78 is 21.5. The Kier molecular flexibility index (Phi) is 5.69. The molecule has 1 N–H and O–H groups in total. The third-order valence-corrected chi connectivity index (χ3v) is 3.25. The molecular weight excluding hydrogens is 239 g/mol. The van der Waals surface area contributed by atoms with E-state index < -0.39 is 7.82 Å². The van der Waals surface area contributed by atoms with E-state index in [2.05, 4.69) is 6.92 Å². The van der Waals surface area contributed by atoms with Gasteiger partial charge in [-0.1, -0.05) is 38.0 Å². The number of aryl methyl sites for hydroxylation is 1. The van der Waals surface area contributed by atoms with E-state index in [0.717, 1.165) is 24.8 Å². The highest BCUT2D eigenvalue weighted by Gasteiger charge is 2.23. The zero-order valence-electron chi connectivity index (χ0n) is 10.3. The van der Waals surface area contributed by atoms with Crippen molar-refractivity contribution in [3.8, 4) is 5.75 Å². The van der Waals surface area contributed by atoms with Gasteiger partial charge < -0.3 is 4.52 Å². The summed E-state index contributed by atoms with van der Waals surface area (Å²) in [6.45, 7) is 4.11. The molecule has 0 saturated carbocycles. The summed E-state index contributed by atoms with van der Waals surface area (Å²) in [6.07, 6.45) is 2.78. The Morgan fingerprint density at radius 2 is 2.00 bits per heavy atom. The van der Waals surface area contributed by atoms with E-state index >= 15 is 0 Å². The van der Waals surface area contributed by atoms with E-state index in [0.29, 0.717) is 5.75 Å². The molecule has 5 heteroatoms. The van der Waals surface area contributed by atoms with E-state index in [9.17, 15) is 9.46 Å². The molecule has 96 valence electrons. The molecule has 0 aliphatic rings. The zero-order valence-corrected chi connectivity index (χ0v) is 11.2. The van der Waals surface area contributed by atoms with Crippen LogP contribution >= 0.6 is 7.82 Å². The van der Waals surface area contributed by atoms with Gasteiger partial charge in [-0.3, -0.25) is 9.42 Å². The molecule has 4 nitrogen and oxygen atoms in total. The van der Waals surface area contributed by atoms with Gasteiger partial charge in [0.25, 0.3) is 0 Å². The first-order valence-corrected chi connectivity index (χ1v) is 7.27. The fraction of sp³-hybridized carbons (Fsp3) is 0.500. The Hall–Kier alpha value is -0.830. The van der Waals surface area contributed by atoms with Gasteiger partial charge in [0.1, 0.15) is 5.75 Å². The second kappa shape index (κ2) is 6.80. The predicted octanol–water partition coefficient (Wildman–Crippen LogP) is 3.68. The average Bonchev–Trinajstić information content (AvgIpc) is 2.28. The summed E-state index contributed by atoms with van der Waals surface area (Å²) in [5, 5.41) is 0. The first-order chi connectivity index (χ1) is 8.05. The van der Waals surface area contributed by atoms with Gasteiger partial charge >= 0.3 is 7.82 Å². The molecule has 0 aromatic heterocycles. The molecule has 1 unspecified atom stereocenters. The van der Waals surface area contributed by atoms with Crippen LogP contribution in [0.3, 0.4) is 0 Å². The van der Waals surface area contributed by atoms with Crippen molar-refractivity contribution in [2.24, 2.45) is 0 Å². The Labute approximate surface area is 102 Å². The zero-order chi connectivity index (χ0) is 12.7. The van der Waals surface area contributed by atoms with Gasteiger partial charge in [0.2, 0.25) is 0 Å². The lowest BCUT2D eigenvalue weighted by Gasteiger charge is -2.14. The van der Waals surface area contributed by atoms with Gasteiger partial charge in [0, 0.05) is 0 Å². The van der Waals surface area contributed by atoms with Gasteiger partial charge in [-0.2, -0.15) is 0 Å². The Morgan fingerprint density at radius 3 is 2.65 bits per heavy atom. The lowest BCUT2D eigenvalue weighted by Crippen LogP contribution is -2.00. The van der Waals surface area contributed by atoms with Gasteiger partial charge in [-0.15, -0.1) is 0 Å². The highest BCUT2D eigenvalue weighted by molar-refractivity contribution is 7.47. The van der Waals surface area contributed by atoms with Crippen molar-refractivity contribution >= 4 is 7.82 Å². The molecule has 0 amide bonds. The second-order valence-corrected chi connectivity index (χ2v) is 5.24. The number of rotatable bonds is 7. The first kappa shape index (κ1) is 14.2. The topological polar surface area (TPSA) is 55.8 Å². The molecule has 0 aliphatic heterocycles. The Balaban J connectivity index is 2.49. The minimum atomic E-state index is -3.98. The van der Waals surface area contributed by atoms with Crippen LogP contribution in [-0.4, -0.2) is 11.5 Å². The molecule has 0 spiro atoms. The maximum Gasteiger partial charge on any atom is 0.527 e. The van der Waals surface area contributed by atoms with Crippen molar-refractivity contribution in [3.05, 3.63) is 29.8 Å². The fourth-order valence-corrected chi connectivity index (χ4v) is 2.21. The predicted molar refractivity (Wildman–Crippen MR) is 67.1 cm³/mol. The van der Waals surface area contributed by atoms with Crippen LogP contribution in [0.2, 0.25) is 0 Å². The largest absolute Gasteiger partial charge is 0.527 e. The molecule has 0 bridgehead atoms. The lowest BCUT2D eigenvalue weighted by molar-refractivity contribution is 0.199. The van der Waals surface area contributed by atoms with Gasteiger partial charge in [0.05, 0.1) is 6.61 Å². The molecule has 1 rings (SSSR count). The van der Waals surface area contributed by atoms with Crippen molar-refractivity contribution in [2.45, 2.75) is 33.1 Å². The van der Waals surface area contributed by atoms with Gasteiger partial charge in [-0.25, -0.2) is 4.57 Å². The minimum Gasteiger partial charge on any atom is -0.404 e. The highest BCUT2D eigenvalue weighted by Crippen LogP contribution is 2.44. The van der Waals surface area contributed by atoms with Crippen LogP contribution in [0.5, 0.6) is 5.75 Å². The molecular formula is C12H19O4P. The summed E-state index contributed by atoms with van der Waals surface area (Å²) in [6, 6.07) is 7.05. The molecule has 1 aromatic rings. The summed E-state index contributed by atoms with van der Waals surface area (Å²) in [4.78, 5) is 9.50. The van der Waals surface area contributed by atoms with Crippen molar-refractivity contribution in [1.29, 1.82) is 0 Å². The van der Waals surface area contributed by atoms with Gasteiger partial charge in [0.15, 0.2) is 0 Å². The molecule has 1 atom stereocenters. The number of phosphoric ester groups is 1. The fourth-order valence-electron chi connectivity index (χ4n) is 1.34. The van der Waals surface area contributed by atoms with Gasteiger partial charge in [-0.05, 0) is 25.0 Å². The van der Waals surface area contributed by atoms with Crippen molar-refractivity contribution < 1.29 is 18.5 Å². The Morgan fingerprint density at radius 1 is 1.29 bits per heavy atom. The van der Waals surface area contributed by atoms with E-state index in [1.807, 2.05) is 19.1 Å². The van der Waals surface area contributed by atoms with Crippen LogP contribution in [0.1, 0.15) is 31.7 Å². The van der Waals surface area contributed by atoms with E-state index in [4.69, 9.17) is 9.05 Å². The van der Waals surface area contributed by atoms with Crippen LogP contribution in [-0.2, 0) is 9.09 Å². The monoisotopic (exact) mass is 258 g/mol. The number of phosphoric acid groups is 1.